The molecule has 0 bridgehead atoms. The summed E-state index contributed by atoms with van der Waals surface area (Å²) in [6.45, 7) is 15.2. The molecule has 2 fully saturated rings. The highest BCUT2D eigenvalue weighted by Crippen LogP contribution is 2.53. The average molecular weight is 496 g/mol. The van der Waals surface area contributed by atoms with Crippen molar-refractivity contribution >= 4 is 23.6 Å². The van der Waals surface area contributed by atoms with Crippen LogP contribution in [-0.4, -0.2) is 57.6 Å². The van der Waals surface area contributed by atoms with Crippen LogP contribution in [-0.2, 0) is 23.9 Å². The molecule has 1 aliphatic carbocycles. The van der Waals surface area contributed by atoms with Gasteiger partial charge in [0.25, 0.3) is 0 Å². The molecule has 2 rings (SSSR count). The second-order valence-electron chi connectivity index (χ2n) is 12.5. The van der Waals surface area contributed by atoms with Crippen molar-refractivity contribution < 1.29 is 33.8 Å². The Kier molecular flexibility index (Phi) is 8.84. The smallest absolute Gasteiger partial charge is 0.412 e. The molecule has 4 atom stereocenters. The maximum absolute atomic E-state index is 13.0. The summed E-state index contributed by atoms with van der Waals surface area (Å²) < 4.78 is 11.6. The monoisotopic (exact) mass is 495 g/mol. The van der Waals surface area contributed by atoms with Crippen LogP contribution >= 0.6 is 0 Å². The highest BCUT2D eigenvalue weighted by atomic mass is 16.6. The Bertz CT molecular complexity index is 830. The Hall–Kier alpha value is -1.96. The highest BCUT2D eigenvalue weighted by molar-refractivity contribution is 5.88. The number of aliphatic carboxylic acids is 1. The van der Waals surface area contributed by atoms with E-state index in [1.807, 2.05) is 55.4 Å². The van der Waals surface area contributed by atoms with Crippen LogP contribution in [0.4, 0.5) is 4.79 Å². The number of carboxylic acid groups (broad SMARTS) is 1. The minimum atomic E-state index is -0.909. The van der Waals surface area contributed by atoms with Crippen LogP contribution in [0.5, 0.6) is 0 Å². The maximum atomic E-state index is 13.0. The fourth-order valence-corrected chi connectivity index (χ4v) is 5.50. The molecule has 8 heteroatoms. The van der Waals surface area contributed by atoms with Gasteiger partial charge in [-0.25, -0.2) is 4.79 Å². The number of ketones is 2. The van der Waals surface area contributed by atoms with E-state index in [1.54, 1.807) is 4.90 Å². The van der Waals surface area contributed by atoms with Crippen molar-refractivity contribution in [1.82, 2.24) is 4.90 Å². The third-order valence-corrected chi connectivity index (χ3v) is 8.07. The van der Waals surface area contributed by atoms with Gasteiger partial charge in [-0.15, -0.1) is 0 Å². The van der Waals surface area contributed by atoms with Crippen LogP contribution in [0.2, 0.25) is 0 Å². The van der Waals surface area contributed by atoms with Crippen LogP contribution in [0.25, 0.3) is 0 Å². The van der Waals surface area contributed by atoms with Gasteiger partial charge in [0.15, 0.2) is 0 Å². The normalized spacial score (nSPS) is 29.7. The van der Waals surface area contributed by atoms with Gasteiger partial charge in [-0.2, -0.15) is 0 Å². The average Bonchev–Trinajstić information content (AvgIpc) is 3.01. The van der Waals surface area contributed by atoms with Gasteiger partial charge in [-0.05, 0) is 72.1 Å². The zero-order valence-electron chi connectivity index (χ0n) is 22.9. The van der Waals surface area contributed by atoms with E-state index in [2.05, 4.69) is 0 Å². The second-order valence-corrected chi connectivity index (χ2v) is 12.5. The van der Waals surface area contributed by atoms with Crippen LogP contribution in [0.3, 0.4) is 0 Å². The van der Waals surface area contributed by atoms with E-state index in [-0.39, 0.29) is 36.4 Å². The minimum absolute atomic E-state index is 0.0665. The van der Waals surface area contributed by atoms with Crippen molar-refractivity contribution in [3.05, 3.63) is 0 Å². The number of hydrogen-bond donors (Lipinski definition) is 1. The lowest BCUT2D eigenvalue weighted by molar-refractivity contribution is -0.150. The van der Waals surface area contributed by atoms with Gasteiger partial charge in [-0.1, -0.05) is 20.8 Å². The number of ether oxygens (including phenoxy) is 2. The molecule has 0 spiro atoms. The standard InChI is InChI=1S/C27H45NO7/c1-18(11-12-19-17-28(25(5,6)34-19)23(33)35-24(2,3)4)20(29)13-15-27(8)21(30)10-9-14-26(27,7)16-22(31)32/h18-19H,9-17H2,1-8H3,(H,31,32)/t18-,19+,26+,27+/m0/s1. The SMILES string of the molecule is C[C@@H](CC[C@@H]1CN(C(=O)OC(C)(C)C)C(C)(C)O1)C(=O)CC[C@]1(C)C(=O)CCC[C@]1(C)CC(=O)O. The number of hydrogen-bond acceptors (Lipinski definition) is 6. The fraction of sp³-hybridized carbons (Fsp3) is 0.852. The molecular weight excluding hydrogens is 450 g/mol. The van der Waals surface area contributed by atoms with Crippen molar-refractivity contribution in [3.63, 3.8) is 0 Å². The van der Waals surface area contributed by atoms with Crippen LogP contribution < -0.4 is 0 Å². The quantitative estimate of drug-likeness (QED) is 0.458. The van der Waals surface area contributed by atoms with Gasteiger partial charge < -0.3 is 14.6 Å². The molecule has 0 aromatic carbocycles. The first-order valence-corrected chi connectivity index (χ1v) is 12.9. The number of rotatable bonds is 9. The van der Waals surface area contributed by atoms with E-state index in [9.17, 15) is 24.3 Å². The van der Waals surface area contributed by atoms with Crippen molar-refractivity contribution in [2.24, 2.45) is 16.7 Å². The zero-order valence-corrected chi connectivity index (χ0v) is 22.9. The molecule has 2 aliphatic rings. The molecule has 8 nitrogen and oxygen atoms in total. The number of amides is 1. The van der Waals surface area contributed by atoms with E-state index in [0.717, 1.165) is 0 Å². The predicted octanol–water partition coefficient (Wildman–Crippen LogP) is 5.36. The number of carboxylic acids is 1. The summed E-state index contributed by atoms with van der Waals surface area (Å²) >= 11 is 0. The lowest BCUT2D eigenvalue weighted by Crippen LogP contribution is -2.48. The Morgan fingerprint density at radius 3 is 2.40 bits per heavy atom. The molecule has 0 aromatic rings. The summed E-state index contributed by atoms with van der Waals surface area (Å²) in [5.74, 6) is -0.987. The van der Waals surface area contributed by atoms with Gasteiger partial charge in [0.05, 0.1) is 19.1 Å². The first kappa shape index (κ1) is 29.3. The molecule has 0 aromatic heterocycles. The summed E-state index contributed by atoms with van der Waals surface area (Å²) in [5, 5.41) is 9.41. The van der Waals surface area contributed by atoms with E-state index in [4.69, 9.17) is 9.47 Å². The van der Waals surface area contributed by atoms with E-state index < -0.39 is 34.2 Å². The van der Waals surface area contributed by atoms with Gasteiger partial charge in [0.2, 0.25) is 0 Å². The number of nitrogens with zero attached hydrogens (tertiary/aromatic N) is 1. The highest BCUT2D eigenvalue weighted by Gasteiger charge is 2.52. The molecule has 1 heterocycles. The largest absolute Gasteiger partial charge is 0.481 e. The molecule has 35 heavy (non-hydrogen) atoms. The Morgan fingerprint density at radius 1 is 1.20 bits per heavy atom. The number of carbonyl (C=O) groups excluding carboxylic acids is 3. The first-order valence-electron chi connectivity index (χ1n) is 12.9. The van der Waals surface area contributed by atoms with Gasteiger partial charge in [0, 0.05) is 24.2 Å². The van der Waals surface area contributed by atoms with Crippen molar-refractivity contribution in [2.75, 3.05) is 6.54 Å². The van der Waals surface area contributed by atoms with E-state index >= 15 is 0 Å². The van der Waals surface area contributed by atoms with Gasteiger partial charge in [0.1, 0.15) is 22.9 Å². The van der Waals surface area contributed by atoms with Crippen LogP contribution in [0.1, 0.15) is 107 Å². The third kappa shape index (κ3) is 7.05. The summed E-state index contributed by atoms with van der Waals surface area (Å²) in [5.41, 5.74) is -2.84. The Labute approximate surface area is 210 Å². The second kappa shape index (κ2) is 10.6. The number of Topliss-reactive ketones (excluding diaryl/α,β-unsaturated/α-hetero) is 2. The molecule has 1 amide bonds. The van der Waals surface area contributed by atoms with Gasteiger partial charge >= 0.3 is 12.1 Å². The fourth-order valence-electron chi connectivity index (χ4n) is 5.50. The van der Waals surface area contributed by atoms with Crippen LogP contribution in [0.15, 0.2) is 0 Å². The molecular formula is C27H45NO7. The Balaban J connectivity index is 1.93. The zero-order chi connectivity index (χ0) is 26.8. The minimum Gasteiger partial charge on any atom is -0.481 e. The summed E-state index contributed by atoms with van der Waals surface area (Å²) in [6.07, 6.45) is 3.00. The molecule has 1 aliphatic heterocycles. The van der Waals surface area contributed by atoms with Gasteiger partial charge in [-0.3, -0.25) is 19.3 Å². The summed E-state index contributed by atoms with van der Waals surface area (Å²) in [6, 6.07) is 0. The van der Waals surface area contributed by atoms with E-state index in [0.29, 0.717) is 45.1 Å². The first-order chi connectivity index (χ1) is 15.9. The van der Waals surface area contributed by atoms with Crippen LogP contribution in [0, 0.1) is 16.7 Å². The topological polar surface area (TPSA) is 110 Å². The molecule has 0 unspecified atom stereocenters. The van der Waals surface area contributed by atoms with Crippen molar-refractivity contribution in [3.8, 4) is 0 Å². The lowest BCUT2D eigenvalue weighted by atomic mass is 9.54. The Morgan fingerprint density at radius 2 is 1.83 bits per heavy atom. The van der Waals surface area contributed by atoms with E-state index in [1.165, 1.54) is 0 Å². The third-order valence-electron chi connectivity index (χ3n) is 8.07. The molecule has 1 N–H and O–H groups in total. The predicted molar refractivity (Wildman–Crippen MR) is 132 cm³/mol. The summed E-state index contributed by atoms with van der Waals surface area (Å²) in [7, 11) is 0. The van der Waals surface area contributed by atoms with Crippen molar-refractivity contribution in [1.29, 1.82) is 0 Å². The summed E-state index contributed by atoms with van der Waals surface area (Å²) in [4.78, 5) is 51.5. The maximum Gasteiger partial charge on any atom is 0.412 e. The van der Waals surface area contributed by atoms with Crippen molar-refractivity contribution in [2.45, 2.75) is 124 Å². The lowest BCUT2D eigenvalue weighted by Gasteiger charge is -2.48. The number of carbonyl (C=O) groups is 4. The molecule has 0 radical (unpaired) electrons. The molecule has 1 saturated heterocycles. The molecule has 200 valence electrons. The molecule has 1 saturated carbocycles.